The number of hydrogen-bond acceptors (Lipinski definition) is 5. The van der Waals surface area contributed by atoms with E-state index in [4.69, 9.17) is 4.74 Å². The second kappa shape index (κ2) is 9.46. The fraction of sp³-hybridized carbons (Fsp3) is 0.333. The van der Waals surface area contributed by atoms with E-state index in [0.717, 1.165) is 23.7 Å². The highest BCUT2D eigenvalue weighted by atomic mass is 32.2. The number of nitrogens with zero attached hydrogens (tertiary/aromatic N) is 1. The van der Waals surface area contributed by atoms with Gasteiger partial charge in [-0.2, -0.15) is 0 Å². The Morgan fingerprint density at radius 2 is 1.78 bits per heavy atom. The van der Waals surface area contributed by atoms with E-state index in [1.165, 1.54) is 18.5 Å². The summed E-state index contributed by atoms with van der Waals surface area (Å²) in [5.41, 5.74) is 2.36. The zero-order chi connectivity index (χ0) is 19.1. The summed E-state index contributed by atoms with van der Waals surface area (Å²) >= 11 is 1.57. The van der Waals surface area contributed by atoms with Gasteiger partial charge in [0.05, 0.1) is 5.56 Å². The molecule has 1 heterocycles. The summed E-state index contributed by atoms with van der Waals surface area (Å²) < 4.78 is 5.18. The quantitative estimate of drug-likeness (QED) is 0.573. The molecule has 2 aromatic rings. The van der Waals surface area contributed by atoms with Crippen LogP contribution in [0.2, 0.25) is 0 Å². The number of hydrogen-bond donors (Lipinski definition) is 1. The van der Waals surface area contributed by atoms with Crippen molar-refractivity contribution in [2.75, 3.05) is 35.7 Å². The fourth-order valence-corrected chi connectivity index (χ4v) is 3.85. The van der Waals surface area contributed by atoms with E-state index in [0.29, 0.717) is 11.3 Å². The number of rotatable bonds is 7. The Bertz CT molecular complexity index is 786. The number of esters is 1. The van der Waals surface area contributed by atoms with Gasteiger partial charge in [-0.25, -0.2) is 4.79 Å². The normalized spacial score (nSPS) is 13.4. The van der Waals surface area contributed by atoms with Gasteiger partial charge in [-0.05, 0) is 55.0 Å². The average Bonchev–Trinajstić information content (AvgIpc) is 3.22. The smallest absolute Gasteiger partial charge is 0.339 e. The minimum atomic E-state index is -0.480. The largest absolute Gasteiger partial charge is 0.452 e. The number of nitrogens with one attached hydrogen (secondary N) is 1. The van der Waals surface area contributed by atoms with Gasteiger partial charge in [-0.15, -0.1) is 11.8 Å². The van der Waals surface area contributed by atoms with E-state index >= 15 is 0 Å². The van der Waals surface area contributed by atoms with Gasteiger partial charge in [0.15, 0.2) is 6.61 Å². The lowest BCUT2D eigenvalue weighted by molar-refractivity contribution is -0.119. The highest BCUT2D eigenvalue weighted by Crippen LogP contribution is 2.23. The van der Waals surface area contributed by atoms with Crippen molar-refractivity contribution in [1.29, 1.82) is 0 Å². The van der Waals surface area contributed by atoms with Crippen molar-refractivity contribution in [3.05, 3.63) is 54.1 Å². The molecule has 3 rings (SSSR count). The second-order valence-electron chi connectivity index (χ2n) is 6.29. The molecule has 1 fully saturated rings. The van der Waals surface area contributed by atoms with Crippen molar-refractivity contribution in [2.24, 2.45) is 0 Å². The van der Waals surface area contributed by atoms with Crippen molar-refractivity contribution >= 4 is 35.0 Å². The van der Waals surface area contributed by atoms with Crippen LogP contribution in [0.3, 0.4) is 0 Å². The molecule has 1 aliphatic rings. The lowest BCUT2D eigenvalue weighted by Gasteiger charge is -2.17. The van der Waals surface area contributed by atoms with Gasteiger partial charge >= 0.3 is 5.97 Å². The fourth-order valence-electron chi connectivity index (χ4n) is 3.05. The number of carbonyl (C=O) groups is 2. The molecule has 0 unspecified atom stereocenters. The first kappa shape index (κ1) is 19.3. The van der Waals surface area contributed by atoms with Gasteiger partial charge in [0, 0.05) is 29.4 Å². The van der Waals surface area contributed by atoms with E-state index in [9.17, 15) is 9.59 Å². The molecule has 1 amide bonds. The molecule has 2 aromatic carbocycles. The van der Waals surface area contributed by atoms with E-state index in [2.05, 4.69) is 10.2 Å². The molecule has 1 saturated heterocycles. The molecular formula is C21H24N2O3S. The summed E-state index contributed by atoms with van der Waals surface area (Å²) in [7, 11) is 0. The zero-order valence-electron chi connectivity index (χ0n) is 15.4. The van der Waals surface area contributed by atoms with E-state index < -0.39 is 5.97 Å². The third-order valence-electron chi connectivity index (χ3n) is 4.36. The Hall–Kier alpha value is -2.47. The van der Waals surface area contributed by atoms with Crippen molar-refractivity contribution in [1.82, 2.24) is 0 Å². The molecule has 0 spiro atoms. The zero-order valence-corrected chi connectivity index (χ0v) is 16.3. The lowest BCUT2D eigenvalue weighted by Crippen LogP contribution is -2.21. The van der Waals surface area contributed by atoms with Crippen LogP contribution in [-0.4, -0.2) is 37.3 Å². The highest BCUT2D eigenvalue weighted by molar-refractivity contribution is 7.99. The summed E-state index contributed by atoms with van der Waals surface area (Å²) in [5.74, 6) is 0.0297. The maximum atomic E-state index is 12.3. The van der Waals surface area contributed by atoms with Crippen molar-refractivity contribution in [2.45, 2.75) is 24.7 Å². The standard InChI is InChI=1S/C21H24N2O3S/c1-2-27-19-8-4-3-7-18(19)21(25)26-15-20(24)22-16-9-11-17(12-10-16)23-13-5-6-14-23/h3-4,7-12H,2,5-6,13-15H2,1H3,(H,22,24). The Labute approximate surface area is 164 Å². The number of anilines is 2. The molecule has 27 heavy (non-hydrogen) atoms. The second-order valence-corrected chi connectivity index (χ2v) is 7.60. The van der Waals surface area contributed by atoms with Crippen molar-refractivity contribution in [3.8, 4) is 0 Å². The van der Waals surface area contributed by atoms with Crippen LogP contribution in [0.5, 0.6) is 0 Å². The molecule has 0 saturated carbocycles. The molecule has 5 nitrogen and oxygen atoms in total. The van der Waals surface area contributed by atoms with E-state index in [-0.39, 0.29) is 12.5 Å². The third-order valence-corrected chi connectivity index (χ3v) is 5.32. The van der Waals surface area contributed by atoms with Gasteiger partial charge in [-0.1, -0.05) is 19.1 Å². The number of benzene rings is 2. The first-order chi connectivity index (χ1) is 13.2. The molecule has 0 atom stereocenters. The van der Waals surface area contributed by atoms with Crippen LogP contribution in [0.15, 0.2) is 53.4 Å². The molecule has 1 aliphatic heterocycles. The van der Waals surface area contributed by atoms with Crippen LogP contribution in [-0.2, 0) is 9.53 Å². The molecule has 0 aromatic heterocycles. The van der Waals surface area contributed by atoms with Crippen LogP contribution >= 0.6 is 11.8 Å². The summed E-state index contributed by atoms with van der Waals surface area (Å²) in [4.78, 5) is 27.6. The molecule has 0 aliphatic carbocycles. The lowest BCUT2D eigenvalue weighted by atomic mass is 10.2. The minimum Gasteiger partial charge on any atom is -0.452 e. The third kappa shape index (κ3) is 5.26. The SMILES string of the molecule is CCSc1ccccc1C(=O)OCC(=O)Nc1ccc(N2CCCC2)cc1. The van der Waals surface area contributed by atoms with Crippen LogP contribution in [0.25, 0.3) is 0 Å². The Balaban J connectivity index is 1.51. The van der Waals surface area contributed by atoms with Crippen molar-refractivity contribution in [3.63, 3.8) is 0 Å². The molecule has 0 bridgehead atoms. The Morgan fingerprint density at radius 1 is 1.07 bits per heavy atom. The number of amides is 1. The van der Waals surface area contributed by atoms with E-state index in [1.54, 1.807) is 23.9 Å². The summed E-state index contributed by atoms with van der Waals surface area (Å²) in [6.07, 6.45) is 2.45. The molecular weight excluding hydrogens is 360 g/mol. The topological polar surface area (TPSA) is 58.6 Å². The Morgan fingerprint density at radius 3 is 2.48 bits per heavy atom. The predicted octanol–water partition coefficient (Wildman–Crippen LogP) is 4.19. The van der Waals surface area contributed by atoms with Crippen molar-refractivity contribution < 1.29 is 14.3 Å². The summed E-state index contributed by atoms with van der Waals surface area (Å²) in [5, 5.41) is 2.77. The monoisotopic (exact) mass is 384 g/mol. The number of carbonyl (C=O) groups excluding carboxylic acids is 2. The summed E-state index contributed by atoms with van der Waals surface area (Å²) in [6, 6.07) is 15.0. The van der Waals surface area contributed by atoms with Gasteiger partial charge in [0.2, 0.25) is 0 Å². The van der Waals surface area contributed by atoms with Crippen LogP contribution in [0.4, 0.5) is 11.4 Å². The van der Waals surface area contributed by atoms with Gasteiger partial charge in [0.25, 0.3) is 5.91 Å². The van der Waals surface area contributed by atoms with Gasteiger partial charge in [-0.3, -0.25) is 4.79 Å². The number of ether oxygens (including phenoxy) is 1. The van der Waals surface area contributed by atoms with Crippen LogP contribution in [0, 0.1) is 0 Å². The first-order valence-corrected chi connectivity index (χ1v) is 10.2. The average molecular weight is 385 g/mol. The molecule has 142 valence electrons. The molecule has 0 radical (unpaired) electrons. The first-order valence-electron chi connectivity index (χ1n) is 9.21. The predicted molar refractivity (Wildman–Crippen MR) is 110 cm³/mol. The minimum absolute atomic E-state index is 0.308. The Kier molecular flexibility index (Phi) is 6.76. The summed E-state index contributed by atoms with van der Waals surface area (Å²) in [6.45, 7) is 3.88. The van der Waals surface area contributed by atoms with Gasteiger partial charge < -0.3 is 15.0 Å². The van der Waals surface area contributed by atoms with Crippen LogP contribution in [0.1, 0.15) is 30.1 Å². The van der Waals surface area contributed by atoms with Gasteiger partial charge in [0.1, 0.15) is 0 Å². The molecule has 1 N–H and O–H groups in total. The van der Waals surface area contributed by atoms with E-state index in [1.807, 2.05) is 43.3 Å². The molecule has 6 heteroatoms. The maximum absolute atomic E-state index is 12.3. The highest BCUT2D eigenvalue weighted by Gasteiger charge is 2.15. The maximum Gasteiger partial charge on any atom is 0.339 e. The number of thioether (sulfide) groups is 1. The van der Waals surface area contributed by atoms with Crippen LogP contribution < -0.4 is 10.2 Å².